The molecule has 5 heteroatoms. The average Bonchev–Trinajstić information content (AvgIpc) is 3.72. The zero-order chi connectivity index (χ0) is 49.0. The summed E-state index contributed by atoms with van der Waals surface area (Å²) in [7, 11) is 2.09. The van der Waals surface area contributed by atoms with Gasteiger partial charge >= 0.3 is 0 Å². The molecule has 0 atom stereocenters. The first-order valence-electron chi connectivity index (χ1n) is 24.0. The quantitative estimate of drug-likeness (QED) is 0.147. The summed E-state index contributed by atoms with van der Waals surface area (Å²) in [6.45, 7) is 26.7. The van der Waals surface area contributed by atoms with Crippen molar-refractivity contribution in [3.63, 3.8) is 0 Å². The lowest BCUT2D eigenvalue weighted by atomic mass is 9.78. The maximum atomic E-state index is 12.3. The second-order valence-corrected chi connectivity index (χ2v) is 21.5. The molecule has 69 heavy (non-hydrogen) atoms. The molecule has 1 N–H and O–H groups in total. The van der Waals surface area contributed by atoms with E-state index < -0.39 is 0 Å². The number of rotatable bonds is 9. The van der Waals surface area contributed by atoms with Crippen molar-refractivity contribution in [2.45, 2.75) is 85.5 Å². The number of allylic oxidation sites excluding steroid dienone is 3. The summed E-state index contributed by atoms with van der Waals surface area (Å²) in [5, 5.41) is 14.7. The van der Waals surface area contributed by atoms with Gasteiger partial charge in [-0.1, -0.05) is 166 Å². The van der Waals surface area contributed by atoms with Crippen molar-refractivity contribution in [2.75, 3.05) is 11.9 Å². The van der Waals surface area contributed by atoms with Gasteiger partial charge in [-0.25, -0.2) is 4.98 Å². The van der Waals surface area contributed by atoms with E-state index in [0.717, 1.165) is 72.8 Å². The Hall–Kier alpha value is -7.50. The van der Waals surface area contributed by atoms with E-state index >= 15 is 0 Å². The molecule has 0 radical (unpaired) electrons. The molecule has 0 spiro atoms. The van der Waals surface area contributed by atoms with Gasteiger partial charge in [0.05, 0.1) is 22.3 Å². The van der Waals surface area contributed by atoms with E-state index in [1.54, 1.807) is 0 Å². The zero-order valence-electron chi connectivity index (χ0n) is 42.1. The molecule has 5 nitrogen and oxygen atoms in total. The smallest absolute Gasteiger partial charge is 0.149 e. The van der Waals surface area contributed by atoms with Crippen molar-refractivity contribution in [3.05, 3.63) is 205 Å². The third-order valence-corrected chi connectivity index (χ3v) is 13.6. The van der Waals surface area contributed by atoms with Gasteiger partial charge in [-0.15, -0.1) is 0 Å². The van der Waals surface area contributed by atoms with Crippen molar-refractivity contribution in [1.29, 1.82) is 0 Å². The number of hydrogen-bond donors (Lipinski definition) is 1. The van der Waals surface area contributed by atoms with Gasteiger partial charge in [0.15, 0.2) is 0 Å². The lowest BCUT2D eigenvalue weighted by Crippen LogP contribution is -2.15. The third kappa shape index (κ3) is 9.02. The second kappa shape index (κ2) is 17.9. The minimum atomic E-state index is -0.161. The summed E-state index contributed by atoms with van der Waals surface area (Å²) in [6, 6.07) is 55.6. The van der Waals surface area contributed by atoms with Crippen LogP contribution in [-0.4, -0.2) is 26.7 Å². The van der Waals surface area contributed by atoms with Crippen LogP contribution >= 0.6 is 0 Å². The van der Waals surface area contributed by atoms with Crippen molar-refractivity contribution < 1.29 is 5.11 Å². The molecule has 0 aliphatic carbocycles. The fourth-order valence-electron chi connectivity index (χ4n) is 9.58. The monoisotopic (exact) mass is 905 g/mol. The molecule has 9 aromatic rings. The Labute approximate surface area is 409 Å². The number of benzene rings is 7. The lowest BCUT2D eigenvalue weighted by Gasteiger charge is -2.26. The molecule has 0 fully saturated rings. The maximum Gasteiger partial charge on any atom is 0.149 e. The molecular formula is C64H64N4O. The fourth-order valence-corrected chi connectivity index (χ4v) is 9.58. The minimum Gasteiger partial charge on any atom is -0.507 e. The number of anilines is 1. The Bertz CT molecular complexity index is 3430. The number of pyridine rings is 1. The van der Waals surface area contributed by atoms with Gasteiger partial charge in [-0.05, 0) is 140 Å². The van der Waals surface area contributed by atoms with Crippen LogP contribution in [0.1, 0.15) is 91.5 Å². The number of nitrogens with zero attached hydrogens (tertiary/aromatic N) is 4. The van der Waals surface area contributed by atoms with Gasteiger partial charge in [0.2, 0.25) is 0 Å². The summed E-state index contributed by atoms with van der Waals surface area (Å²) in [4.78, 5) is 12.7. The molecule has 9 rings (SSSR count). The molecule has 2 heterocycles. The Kier molecular flexibility index (Phi) is 12.1. The van der Waals surface area contributed by atoms with E-state index in [9.17, 15) is 5.11 Å². The number of phenols is 1. The number of imidazole rings is 1. The summed E-state index contributed by atoms with van der Waals surface area (Å²) < 4.78 is 2.18. The van der Waals surface area contributed by atoms with E-state index in [4.69, 9.17) is 9.97 Å². The molecule has 0 bridgehead atoms. The highest BCUT2D eigenvalue weighted by atomic mass is 16.3. The lowest BCUT2D eigenvalue weighted by molar-refractivity contribution is 0.477. The standard InChI is InChI=1S/C64H64N4O/c1-13-51(41(2)67(12)49-21-16-14-17-22-49)43-33-34-65-56(39-43)46-35-45(37-48(38-46)63(6,7)8)53-25-20-26-57-60(53)66-61(68(57)50-23-18-15-19-24-50)54-30-27-44(40-58(54)69)59-52-31-29-47(62(3,4)5)36-42(52)28-32-55(59)64(9,10)11/h13-40,69H,1H2,2-12H3/b51-41-. The first-order chi connectivity index (χ1) is 32.8. The first-order valence-corrected chi connectivity index (χ1v) is 24.0. The Morgan fingerprint density at radius 2 is 1.32 bits per heavy atom. The Balaban J connectivity index is 1.20. The predicted molar refractivity (Wildman–Crippen MR) is 294 cm³/mol. The molecule has 0 aliphatic rings. The van der Waals surface area contributed by atoms with Crippen molar-refractivity contribution >= 4 is 33.1 Å². The van der Waals surface area contributed by atoms with Gasteiger partial charge in [0.25, 0.3) is 0 Å². The van der Waals surface area contributed by atoms with Crippen LogP contribution in [0.5, 0.6) is 5.75 Å². The number of aromatic nitrogens is 3. The largest absolute Gasteiger partial charge is 0.507 e. The predicted octanol–water partition coefficient (Wildman–Crippen LogP) is 16.9. The number of phenolic OH excluding ortho intramolecular Hbond substituents is 1. The van der Waals surface area contributed by atoms with Crippen LogP contribution in [0, 0.1) is 0 Å². The SMILES string of the molecule is C=C/C(=C(\C)N(C)c1ccccc1)c1ccnc(-c2cc(-c3cccc4c3nc(-c3ccc(-c5c(C(C)(C)C)ccc6cc(C(C)(C)C)ccc56)cc3O)n4-c3ccccc3)cc(C(C)(C)C)c2)c1. The van der Waals surface area contributed by atoms with Crippen LogP contribution in [0.25, 0.3) is 78.0 Å². The Morgan fingerprint density at radius 1 is 0.623 bits per heavy atom. The van der Waals surface area contributed by atoms with Crippen LogP contribution in [0.15, 0.2) is 182 Å². The van der Waals surface area contributed by atoms with Crippen molar-refractivity contribution in [2.24, 2.45) is 0 Å². The molecule has 7 aromatic carbocycles. The van der Waals surface area contributed by atoms with Crippen molar-refractivity contribution in [1.82, 2.24) is 14.5 Å². The maximum absolute atomic E-state index is 12.3. The van der Waals surface area contributed by atoms with Crippen molar-refractivity contribution in [3.8, 4) is 56.3 Å². The Morgan fingerprint density at radius 3 is 1.99 bits per heavy atom. The van der Waals surface area contributed by atoms with Crippen LogP contribution < -0.4 is 4.90 Å². The molecule has 0 aliphatic heterocycles. The fraction of sp³-hybridized carbons (Fsp3) is 0.219. The normalized spacial score (nSPS) is 12.6. The summed E-state index contributed by atoms with van der Waals surface area (Å²) in [5.41, 5.74) is 17.2. The number of para-hydroxylation sites is 3. The molecule has 346 valence electrons. The third-order valence-electron chi connectivity index (χ3n) is 13.6. The van der Waals surface area contributed by atoms with Gasteiger partial charge in [0.1, 0.15) is 11.6 Å². The zero-order valence-corrected chi connectivity index (χ0v) is 42.1. The molecular weight excluding hydrogens is 841 g/mol. The highest BCUT2D eigenvalue weighted by Crippen LogP contribution is 2.44. The number of fused-ring (bicyclic) bond motifs is 2. The highest BCUT2D eigenvalue weighted by Gasteiger charge is 2.26. The molecule has 2 aromatic heterocycles. The number of hydrogen-bond acceptors (Lipinski definition) is 4. The van der Waals surface area contributed by atoms with Gasteiger partial charge in [-0.2, -0.15) is 0 Å². The second-order valence-electron chi connectivity index (χ2n) is 21.5. The van der Waals surface area contributed by atoms with E-state index in [0.29, 0.717) is 11.4 Å². The van der Waals surface area contributed by atoms with Gasteiger partial charge in [0, 0.05) is 47.0 Å². The molecule has 0 saturated heterocycles. The summed E-state index contributed by atoms with van der Waals surface area (Å²) >= 11 is 0. The van der Waals surface area contributed by atoms with Gasteiger partial charge in [-0.3, -0.25) is 9.55 Å². The van der Waals surface area contributed by atoms with Crippen LogP contribution in [0.4, 0.5) is 5.69 Å². The van der Waals surface area contributed by atoms with E-state index in [-0.39, 0.29) is 22.0 Å². The minimum absolute atomic E-state index is 0.0232. The first kappa shape index (κ1) is 46.6. The van der Waals surface area contributed by atoms with Crippen LogP contribution in [0.3, 0.4) is 0 Å². The molecule has 0 saturated carbocycles. The molecule has 0 amide bonds. The number of aromatic hydroxyl groups is 1. The van der Waals surface area contributed by atoms with E-state index in [1.165, 1.54) is 27.5 Å². The summed E-state index contributed by atoms with van der Waals surface area (Å²) in [6.07, 6.45) is 3.83. The molecule has 0 unspecified atom stereocenters. The van der Waals surface area contributed by atoms with E-state index in [2.05, 4.69) is 214 Å². The van der Waals surface area contributed by atoms with Gasteiger partial charge < -0.3 is 10.0 Å². The average molecular weight is 905 g/mol. The van der Waals surface area contributed by atoms with Crippen LogP contribution in [0.2, 0.25) is 0 Å². The highest BCUT2D eigenvalue weighted by molar-refractivity contribution is 6.01. The van der Waals surface area contributed by atoms with E-state index in [1.807, 2.05) is 48.7 Å². The topological polar surface area (TPSA) is 54.2 Å². The van der Waals surface area contributed by atoms with Crippen LogP contribution in [-0.2, 0) is 16.2 Å². The summed E-state index contributed by atoms with van der Waals surface area (Å²) in [5.74, 6) is 0.837.